The zero-order valence-electron chi connectivity index (χ0n) is 9.65. The highest BCUT2D eigenvalue weighted by Gasteiger charge is 2.06. The number of aryl methyl sites for hydroxylation is 1. The number of nitrogens with two attached hydrogens (primary N) is 1. The molecule has 0 amide bonds. The fourth-order valence-corrected chi connectivity index (χ4v) is 1.79. The summed E-state index contributed by atoms with van der Waals surface area (Å²) in [4.78, 5) is 8.15. The minimum Gasteiger partial charge on any atom is -0.483 e. The second kappa shape index (κ2) is 5.30. The molecule has 0 aliphatic rings. The Bertz CT molecular complexity index is 557. The fraction of sp³-hybridized carbons (Fsp3) is 0.167. The normalized spacial score (nSPS) is 10.4. The number of ether oxygens (including phenoxy) is 1. The van der Waals surface area contributed by atoms with E-state index >= 15 is 0 Å². The lowest BCUT2D eigenvalue weighted by Gasteiger charge is -2.07. The van der Waals surface area contributed by atoms with Gasteiger partial charge in [-0.25, -0.2) is 14.4 Å². The minimum absolute atomic E-state index is 0.0738. The summed E-state index contributed by atoms with van der Waals surface area (Å²) in [5.41, 5.74) is 6.34. The van der Waals surface area contributed by atoms with Crippen molar-refractivity contribution in [1.82, 2.24) is 9.97 Å². The summed E-state index contributed by atoms with van der Waals surface area (Å²) >= 11 is 3.17. The van der Waals surface area contributed by atoms with Crippen LogP contribution >= 0.6 is 15.9 Å². The fourth-order valence-electron chi connectivity index (χ4n) is 1.46. The predicted molar refractivity (Wildman–Crippen MR) is 69.6 cm³/mol. The lowest BCUT2D eigenvalue weighted by molar-refractivity contribution is 0.281. The first kappa shape index (κ1) is 12.8. The summed E-state index contributed by atoms with van der Waals surface area (Å²) in [5.74, 6) is 0.513. The van der Waals surface area contributed by atoms with Crippen LogP contribution in [0.5, 0.6) is 5.75 Å². The summed E-state index contributed by atoms with van der Waals surface area (Å²) in [7, 11) is 0. The Hall–Kier alpha value is -1.69. The number of anilines is 1. The smallest absolute Gasteiger partial charge is 0.168 e. The van der Waals surface area contributed by atoms with Gasteiger partial charge < -0.3 is 10.5 Å². The van der Waals surface area contributed by atoms with E-state index in [4.69, 9.17) is 10.5 Å². The third-order valence-corrected chi connectivity index (χ3v) is 2.66. The quantitative estimate of drug-likeness (QED) is 0.947. The summed E-state index contributed by atoms with van der Waals surface area (Å²) < 4.78 is 19.5. The van der Waals surface area contributed by atoms with Crippen molar-refractivity contribution in [2.75, 3.05) is 5.73 Å². The Kier molecular flexibility index (Phi) is 3.76. The van der Waals surface area contributed by atoms with Gasteiger partial charge >= 0.3 is 0 Å². The van der Waals surface area contributed by atoms with E-state index in [1.807, 2.05) is 6.92 Å². The van der Waals surface area contributed by atoms with E-state index in [9.17, 15) is 4.39 Å². The van der Waals surface area contributed by atoms with Gasteiger partial charge in [-0.15, -0.1) is 0 Å². The number of nitrogen functional groups attached to an aromatic ring is 1. The first-order valence-electron chi connectivity index (χ1n) is 5.22. The molecule has 0 aliphatic carbocycles. The molecule has 2 aromatic rings. The number of benzene rings is 1. The van der Waals surface area contributed by atoms with Gasteiger partial charge in [0.1, 0.15) is 12.4 Å². The maximum atomic E-state index is 13.5. The first-order chi connectivity index (χ1) is 8.54. The van der Waals surface area contributed by atoms with Crippen LogP contribution in [0.2, 0.25) is 0 Å². The van der Waals surface area contributed by atoms with E-state index in [0.29, 0.717) is 16.1 Å². The van der Waals surface area contributed by atoms with Gasteiger partial charge in [0, 0.05) is 16.2 Å². The van der Waals surface area contributed by atoms with Crippen LogP contribution in [-0.4, -0.2) is 9.97 Å². The van der Waals surface area contributed by atoms with E-state index in [1.54, 1.807) is 18.2 Å². The van der Waals surface area contributed by atoms with Crippen LogP contribution in [0.15, 0.2) is 28.7 Å². The molecule has 0 bridgehead atoms. The highest BCUT2D eigenvalue weighted by atomic mass is 79.9. The molecule has 0 aliphatic heterocycles. The lowest BCUT2D eigenvalue weighted by Crippen LogP contribution is -2.05. The van der Waals surface area contributed by atoms with Crippen LogP contribution in [0.25, 0.3) is 0 Å². The van der Waals surface area contributed by atoms with Crippen LogP contribution in [0, 0.1) is 12.7 Å². The number of halogens is 2. The summed E-state index contributed by atoms with van der Waals surface area (Å²) in [6.45, 7) is 1.88. The average molecular weight is 312 g/mol. The van der Waals surface area contributed by atoms with Gasteiger partial charge in [0.25, 0.3) is 0 Å². The zero-order chi connectivity index (χ0) is 13.1. The van der Waals surface area contributed by atoms with Crippen molar-refractivity contribution in [3.05, 3.63) is 46.1 Å². The molecule has 0 saturated heterocycles. The van der Waals surface area contributed by atoms with E-state index in [2.05, 4.69) is 25.9 Å². The van der Waals surface area contributed by atoms with Crippen molar-refractivity contribution in [2.24, 2.45) is 0 Å². The van der Waals surface area contributed by atoms with Crippen molar-refractivity contribution < 1.29 is 9.13 Å². The van der Waals surface area contributed by atoms with Crippen LogP contribution in [0.4, 0.5) is 10.2 Å². The summed E-state index contributed by atoms with van der Waals surface area (Å²) in [6, 6.07) is 6.23. The molecule has 0 fully saturated rings. The summed E-state index contributed by atoms with van der Waals surface area (Å²) in [6.07, 6.45) is 0. The molecule has 0 spiro atoms. The molecule has 0 radical (unpaired) electrons. The van der Waals surface area contributed by atoms with E-state index in [0.717, 1.165) is 5.69 Å². The van der Waals surface area contributed by atoms with E-state index in [1.165, 1.54) is 6.07 Å². The van der Waals surface area contributed by atoms with Gasteiger partial charge in [-0.1, -0.05) is 15.9 Å². The first-order valence-corrected chi connectivity index (χ1v) is 6.02. The molecule has 0 saturated carbocycles. The number of nitrogens with zero attached hydrogens (tertiary/aromatic N) is 2. The topological polar surface area (TPSA) is 61.0 Å². The van der Waals surface area contributed by atoms with Gasteiger partial charge in [0.15, 0.2) is 17.4 Å². The molecule has 2 rings (SSSR count). The Morgan fingerprint density at radius 2 is 2.11 bits per heavy atom. The van der Waals surface area contributed by atoms with Gasteiger partial charge in [0.2, 0.25) is 0 Å². The van der Waals surface area contributed by atoms with Crippen LogP contribution < -0.4 is 10.5 Å². The molecule has 18 heavy (non-hydrogen) atoms. The molecular formula is C12H11BrFN3O. The second-order valence-electron chi connectivity index (χ2n) is 3.71. The molecule has 1 heterocycles. The second-order valence-corrected chi connectivity index (χ2v) is 4.63. The summed E-state index contributed by atoms with van der Waals surface area (Å²) in [5, 5.41) is 0. The Morgan fingerprint density at radius 1 is 1.33 bits per heavy atom. The van der Waals surface area contributed by atoms with Crippen molar-refractivity contribution in [2.45, 2.75) is 13.5 Å². The third kappa shape index (κ3) is 3.16. The predicted octanol–water partition coefficient (Wildman–Crippen LogP) is 2.85. The van der Waals surface area contributed by atoms with Crippen molar-refractivity contribution in [3.8, 4) is 5.75 Å². The zero-order valence-corrected chi connectivity index (χ0v) is 11.2. The Labute approximate surface area is 112 Å². The number of hydrogen-bond acceptors (Lipinski definition) is 4. The maximum Gasteiger partial charge on any atom is 0.168 e. The van der Waals surface area contributed by atoms with Crippen molar-refractivity contribution in [1.29, 1.82) is 0 Å². The van der Waals surface area contributed by atoms with Gasteiger partial charge in [-0.05, 0) is 25.1 Å². The molecule has 1 aromatic heterocycles. The van der Waals surface area contributed by atoms with Crippen molar-refractivity contribution in [3.63, 3.8) is 0 Å². The molecule has 0 unspecified atom stereocenters. The molecule has 2 N–H and O–H groups in total. The molecule has 6 heteroatoms. The highest BCUT2D eigenvalue weighted by molar-refractivity contribution is 9.10. The molecule has 1 aromatic carbocycles. The van der Waals surface area contributed by atoms with E-state index in [-0.39, 0.29) is 12.4 Å². The lowest BCUT2D eigenvalue weighted by atomic mass is 10.3. The van der Waals surface area contributed by atoms with Gasteiger partial charge in [-0.2, -0.15) is 0 Å². The Morgan fingerprint density at radius 3 is 2.78 bits per heavy atom. The highest BCUT2D eigenvalue weighted by Crippen LogP contribution is 2.22. The van der Waals surface area contributed by atoms with Crippen LogP contribution in [-0.2, 0) is 6.61 Å². The van der Waals surface area contributed by atoms with E-state index < -0.39 is 5.82 Å². The minimum atomic E-state index is -0.440. The number of aromatic nitrogens is 2. The van der Waals surface area contributed by atoms with Gasteiger partial charge in [-0.3, -0.25) is 0 Å². The standard InChI is InChI=1S/C12H11BrFN3O/c1-7-4-11(15)17-12(16-7)6-18-10-3-2-8(13)5-9(10)14/h2-5H,6H2,1H3,(H2,15,16,17). The monoisotopic (exact) mass is 311 g/mol. The van der Waals surface area contributed by atoms with Crippen LogP contribution in [0.1, 0.15) is 11.5 Å². The molecule has 4 nitrogen and oxygen atoms in total. The Balaban J connectivity index is 2.11. The van der Waals surface area contributed by atoms with Gasteiger partial charge in [0.05, 0.1) is 0 Å². The van der Waals surface area contributed by atoms with Crippen LogP contribution in [0.3, 0.4) is 0 Å². The van der Waals surface area contributed by atoms with Crippen molar-refractivity contribution >= 4 is 21.7 Å². The SMILES string of the molecule is Cc1cc(N)nc(COc2ccc(Br)cc2F)n1. The average Bonchev–Trinajstić information content (AvgIpc) is 2.26. The molecular weight excluding hydrogens is 301 g/mol. The number of rotatable bonds is 3. The largest absolute Gasteiger partial charge is 0.483 e. The number of hydrogen-bond donors (Lipinski definition) is 1. The molecule has 0 atom stereocenters. The molecule has 94 valence electrons. The maximum absolute atomic E-state index is 13.5. The third-order valence-electron chi connectivity index (χ3n) is 2.17.